The summed E-state index contributed by atoms with van der Waals surface area (Å²) >= 11 is 11.9. The molecule has 0 aliphatic heterocycles. The molecule has 0 radical (unpaired) electrons. The standard InChI is InChI=1S/C20H16Cl2N4O2/c21-17-15(6-2-8-23-17)19(27)25-11-13-4-1-5-14(10-13)12-26-20(28)16-7-3-9-24-18(16)22/h1-10H,11-12H2,(H,25,27)(H,26,28). The summed E-state index contributed by atoms with van der Waals surface area (Å²) in [5.74, 6) is -0.606. The fourth-order valence-corrected chi connectivity index (χ4v) is 2.93. The SMILES string of the molecule is O=C(NCc1cccc(CNC(=O)c2cccnc2Cl)c1)c1cccnc1Cl. The Morgan fingerprint density at radius 3 is 1.64 bits per heavy atom. The lowest BCUT2D eigenvalue weighted by atomic mass is 10.1. The van der Waals surface area contributed by atoms with E-state index in [1.54, 1.807) is 24.3 Å². The van der Waals surface area contributed by atoms with Gasteiger partial charge in [-0.1, -0.05) is 47.5 Å². The lowest BCUT2D eigenvalue weighted by molar-refractivity contribution is 0.0943. The van der Waals surface area contributed by atoms with E-state index >= 15 is 0 Å². The number of halogens is 2. The predicted octanol–water partition coefficient (Wildman–Crippen LogP) is 3.64. The van der Waals surface area contributed by atoms with E-state index in [9.17, 15) is 9.59 Å². The van der Waals surface area contributed by atoms with Crippen molar-refractivity contribution in [2.75, 3.05) is 0 Å². The number of pyridine rings is 2. The highest BCUT2D eigenvalue weighted by Crippen LogP contribution is 2.13. The van der Waals surface area contributed by atoms with Gasteiger partial charge in [0.25, 0.3) is 11.8 Å². The van der Waals surface area contributed by atoms with Gasteiger partial charge in [0, 0.05) is 25.5 Å². The summed E-state index contributed by atoms with van der Waals surface area (Å²) in [4.78, 5) is 32.2. The van der Waals surface area contributed by atoms with Crippen LogP contribution in [0.3, 0.4) is 0 Å². The van der Waals surface area contributed by atoms with Crippen LogP contribution in [0.5, 0.6) is 0 Å². The average Bonchev–Trinajstić information content (AvgIpc) is 2.71. The highest BCUT2D eigenvalue weighted by Gasteiger charge is 2.11. The maximum atomic E-state index is 12.2. The van der Waals surface area contributed by atoms with Gasteiger partial charge in [-0.15, -0.1) is 0 Å². The first kappa shape index (κ1) is 19.8. The minimum absolute atomic E-state index is 0.158. The molecule has 0 fully saturated rings. The molecule has 3 aromatic rings. The summed E-state index contributed by atoms with van der Waals surface area (Å²) in [7, 11) is 0. The number of benzene rings is 1. The predicted molar refractivity (Wildman–Crippen MR) is 107 cm³/mol. The number of carbonyl (C=O) groups is 2. The normalized spacial score (nSPS) is 10.4. The number of hydrogen-bond donors (Lipinski definition) is 2. The van der Waals surface area contributed by atoms with Gasteiger partial charge >= 0.3 is 0 Å². The topological polar surface area (TPSA) is 84.0 Å². The number of carbonyl (C=O) groups excluding carboxylic acids is 2. The second-order valence-corrected chi connectivity index (χ2v) is 6.58. The smallest absolute Gasteiger partial charge is 0.254 e. The summed E-state index contributed by atoms with van der Waals surface area (Å²) in [5.41, 5.74) is 2.42. The third-order valence-corrected chi connectivity index (χ3v) is 4.51. The largest absolute Gasteiger partial charge is 0.348 e. The highest BCUT2D eigenvalue weighted by molar-refractivity contribution is 6.33. The molecule has 0 aliphatic carbocycles. The molecule has 2 amide bonds. The Hall–Kier alpha value is -2.96. The monoisotopic (exact) mass is 414 g/mol. The maximum absolute atomic E-state index is 12.2. The third-order valence-electron chi connectivity index (χ3n) is 3.90. The average molecular weight is 415 g/mol. The molecule has 6 nitrogen and oxygen atoms in total. The fraction of sp³-hybridized carbons (Fsp3) is 0.100. The number of hydrogen-bond acceptors (Lipinski definition) is 4. The number of amides is 2. The van der Waals surface area contributed by atoms with E-state index in [4.69, 9.17) is 23.2 Å². The molecule has 0 saturated carbocycles. The molecule has 2 heterocycles. The molecule has 0 aliphatic rings. The van der Waals surface area contributed by atoms with Crippen molar-refractivity contribution in [2.24, 2.45) is 0 Å². The van der Waals surface area contributed by atoms with Crippen molar-refractivity contribution in [1.29, 1.82) is 0 Å². The molecule has 1 aromatic carbocycles. The molecular weight excluding hydrogens is 399 g/mol. The van der Waals surface area contributed by atoms with Crippen LogP contribution in [0.25, 0.3) is 0 Å². The van der Waals surface area contributed by atoms with Gasteiger partial charge in [-0.3, -0.25) is 9.59 Å². The molecule has 2 N–H and O–H groups in total. The van der Waals surface area contributed by atoms with Crippen LogP contribution in [0.4, 0.5) is 0 Å². The molecule has 0 atom stereocenters. The van der Waals surface area contributed by atoms with E-state index in [1.165, 1.54) is 12.4 Å². The van der Waals surface area contributed by atoms with Gasteiger partial charge in [0.15, 0.2) is 0 Å². The molecule has 0 bridgehead atoms. The molecule has 2 aromatic heterocycles. The summed E-state index contributed by atoms with van der Waals surface area (Å²) in [5, 5.41) is 5.93. The lowest BCUT2D eigenvalue weighted by Gasteiger charge is -2.09. The first-order valence-corrected chi connectivity index (χ1v) is 9.15. The Morgan fingerprint density at radius 1 is 0.750 bits per heavy atom. The van der Waals surface area contributed by atoms with E-state index in [2.05, 4.69) is 20.6 Å². The molecule has 0 unspecified atom stereocenters. The molecule has 3 rings (SSSR count). The van der Waals surface area contributed by atoms with Crippen LogP contribution in [-0.2, 0) is 13.1 Å². The quantitative estimate of drug-likeness (QED) is 0.602. The molecular formula is C20H16Cl2N4O2. The molecule has 0 saturated heterocycles. The van der Waals surface area contributed by atoms with Crippen molar-refractivity contribution in [2.45, 2.75) is 13.1 Å². The van der Waals surface area contributed by atoms with Crippen LogP contribution >= 0.6 is 23.2 Å². The van der Waals surface area contributed by atoms with Gasteiger partial charge < -0.3 is 10.6 Å². The zero-order chi connectivity index (χ0) is 19.9. The van der Waals surface area contributed by atoms with E-state index in [0.717, 1.165) is 11.1 Å². The van der Waals surface area contributed by atoms with Gasteiger partial charge in [-0.25, -0.2) is 9.97 Å². The van der Waals surface area contributed by atoms with Gasteiger partial charge in [0.05, 0.1) is 11.1 Å². The second kappa shape index (κ2) is 9.30. The van der Waals surface area contributed by atoms with Crippen molar-refractivity contribution in [1.82, 2.24) is 20.6 Å². The maximum Gasteiger partial charge on any atom is 0.254 e. The molecule has 142 valence electrons. The Balaban J connectivity index is 1.58. The van der Waals surface area contributed by atoms with Crippen molar-refractivity contribution >= 4 is 35.0 Å². The van der Waals surface area contributed by atoms with Crippen molar-refractivity contribution < 1.29 is 9.59 Å². The molecule has 8 heteroatoms. The van der Waals surface area contributed by atoms with Crippen LogP contribution in [0.1, 0.15) is 31.8 Å². The summed E-state index contributed by atoms with van der Waals surface area (Å²) in [6.45, 7) is 0.639. The van der Waals surface area contributed by atoms with E-state index in [-0.39, 0.29) is 22.1 Å². The van der Waals surface area contributed by atoms with Gasteiger partial charge in [0.2, 0.25) is 0 Å². The number of nitrogens with one attached hydrogen (secondary N) is 2. The lowest BCUT2D eigenvalue weighted by Crippen LogP contribution is -2.24. The van der Waals surface area contributed by atoms with Crippen LogP contribution < -0.4 is 10.6 Å². The Morgan fingerprint density at radius 2 is 1.21 bits per heavy atom. The third kappa shape index (κ3) is 5.06. The fourth-order valence-electron chi connectivity index (χ4n) is 2.52. The van der Waals surface area contributed by atoms with Crippen molar-refractivity contribution in [3.8, 4) is 0 Å². The number of nitrogens with zero attached hydrogens (tertiary/aromatic N) is 2. The van der Waals surface area contributed by atoms with E-state index in [0.29, 0.717) is 24.2 Å². The summed E-state index contributed by atoms with van der Waals surface area (Å²) in [6, 6.07) is 14.0. The van der Waals surface area contributed by atoms with Gasteiger partial charge in [-0.2, -0.15) is 0 Å². The van der Waals surface area contributed by atoms with Gasteiger partial charge in [-0.05, 0) is 35.4 Å². The Bertz CT molecular complexity index is 934. The van der Waals surface area contributed by atoms with Crippen LogP contribution in [0.15, 0.2) is 60.9 Å². The van der Waals surface area contributed by atoms with Crippen LogP contribution in [-0.4, -0.2) is 21.8 Å². The van der Waals surface area contributed by atoms with Crippen molar-refractivity contribution in [3.05, 3.63) is 93.5 Å². The van der Waals surface area contributed by atoms with Crippen LogP contribution in [0, 0.1) is 0 Å². The van der Waals surface area contributed by atoms with Gasteiger partial charge in [0.1, 0.15) is 10.3 Å². The zero-order valence-electron chi connectivity index (χ0n) is 14.7. The van der Waals surface area contributed by atoms with E-state index < -0.39 is 0 Å². The zero-order valence-corrected chi connectivity index (χ0v) is 16.2. The Kier molecular flexibility index (Phi) is 6.57. The molecule has 28 heavy (non-hydrogen) atoms. The first-order valence-electron chi connectivity index (χ1n) is 8.40. The highest BCUT2D eigenvalue weighted by atomic mass is 35.5. The minimum Gasteiger partial charge on any atom is -0.348 e. The summed E-state index contributed by atoms with van der Waals surface area (Å²) < 4.78 is 0. The first-order chi connectivity index (χ1) is 13.5. The Labute approximate surface area is 171 Å². The number of aromatic nitrogens is 2. The van der Waals surface area contributed by atoms with Crippen LogP contribution in [0.2, 0.25) is 10.3 Å². The minimum atomic E-state index is -0.303. The molecule has 0 spiro atoms. The van der Waals surface area contributed by atoms with Crippen molar-refractivity contribution in [3.63, 3.8) is 0 Å². The second-order valence-electron chi connectivity index (χ2n) is 5.87. The number of rotatable bonds is 6. The van der Waals surface area contributed by atoms with E-state index in [1.807, 2.05) is 24.3 Å². The summed E-state index contributed by atoms with van der Waals surface area (Å²) in [6.07, 6.45) is 3.05.